The van der Waals surface area contributed by atoms with Crippen LogP contribution < -0.4 is 19.9 Å². The van der Waals surface area contributed by atoms with Gasteiger partial charge in [0, 0.05) is 23.3 Å². The maximum atomic E-state index is 13.8. The summed E-state index contributed by atoms with van der Waals surface area (Å²) >= 11 is 0. The van der Waals surface area contributed by atoms with Crippen molar-refractivity contribution in [3.63, 3.8) is 0 Å². The van der Waals surface area contributed by atoms with Crippen LogP contribution in [-0.2, 0) is 6.61 Å². The van der Waals surface area contributed by atoms with Crippen LogP contribution in [0.2, 0.25) is 0 Å². The fraction of sp³-hybridized carbons (Fsp3) is 0.0833. The van der Waals surface area contributed by atoms with Crippen LogP contribution >= 0.6 is 0 Å². The summed E-state index contributed by atoms with van der Waals surface area (Å²) in [5, 5.41) is 10.6. The number of nitrogens with zero attached hydrogens (tertiary/aromatic N) is 2. The molecule has 3 aromatic carbocycles. The van der Waals surface area contributed by atoms with Crippen molar-refractivity contribution in [3.8, 4) is 40.0 Å². The van der Waals surface area contributed by atoms with Gasteiger partial charge in [0.2, 0.25) is 5.95 Å². The van der Waals surface area contributed by atoms with Gasteiger partial charge in [0.1, 0.15) is 41.1 Å². The van der Waals surface area contributed by atoms with E-state index < -0.39 is 0 Å². The third kappa shape index (κ3) is 4.70. The van der Waals surface area contributed by atoms with Gasteiger partial charge in [-0.3, -0.25) is 0 Å². The van der Waals surface area contributed by atoms with Gasteiger partial charge in [0.15, 0.2) is 5.75 Å². The minimum atomic E-state index is -0.357. The predicted octanol–water partition coefficient (Wildman–Crippen LogP) is 4.95. The zero-order chi connectivity index (χ0) is 22.5. The normalized spacial score (nSPS) is 10.6. The molecule has 0 fully saturated rings. The number of nitrogen functional groups attached to an aromatic ring is 1. The Hall–Kier alpha value is -4.33. The van der Waals surface area contributed by atoms with E-state index in [1.54, 1.807) is 61.7 Å². The lowest BCUT2D eigenvalue weighted by Crippen LogP contribution is -2.00. The number of benzene rings is 3. The van der Waals surface area contributed by atoms with Crippen molar-refractivity contribution in [1.29, 1.82) is 0 Å². The monoisotopic (exact) mass is 433 g/mol. The molecule has 1 heterocycles. The standard InChI is InChI=1S/C24H20FN3O4/c1-30-16-6-4-7-18(11-16)32-22-13-27-24(26)28-23(22)19-10-9-17(12-21(19)29)31-14-15-5-2-3-8-20(15)25/h2-13,29H,14H2,1H3,(H2,26,27,28). The summed E-state index contributed by atoms with van der Waals surface area (Å²) in [6, 6.07) is 18.0. The highest BCUT2D eigenvalue weighted by atomic mass is 19.1. The number of aromatic hydroxyl groups is 1. The van der Waals surface area contributed by atoms with E-state index in [9.17, 15) is 9.50 Å². The number of hydrogen-bond donors (Lipinski definition) is 2. The van der Waals surface area contributed by atoms with Crippen molar-refractivity contribution >= 4 is 5.95 Å². The van der Waals surface area contributed by atoms with Crippen molar-refractivity contribution in [2.24, 2.45) is 0 Å². The van der Waals surface area contributed by atoms with Crippen LogP contribution in [0.15, 0.2) is 72.9 Å². The summed E-state index contributed by atoms with van der Waals surface area (Å²) < 4.78 is 30.5. The number of phenols is 1. The molecule has 0 aliphatic carbocycles. The molecule has 0 aliphatic heterocycles. The summed E-state index contributed by atoms with van der Waals surface area (Å²) in [6.45, 7) is 0.0239. The Morgan fingerprint density at radius 3 is 2.56 bits per heavy atom. The number of rotatable bonds is 7. The molecule has 0 spiro atoms. The van der Waals surface area contributed by atoms with Gasteiger partial charge in [-0.05, 0) is 30.3 Å². The first kappa shape index (κ1) is 20.9. The van der Waals surface area contributed by atoms with Crippen LogP contribution in [-0.4, -0.2) is 22.2 Å². The van der Waals surface area contributed by atoms with E-state index in [4.69, 9.17) is 19.9 Å². The fourth-order valence-corrected chi connectivity index (χ4v) is 3.02. The summed E-state index contributed by atoms with van der Waals surface area (Å²) in [4.78, 5) is 8.23. The van der Waals surface area contributed by atoms with Crippen molar-refractivity contribution in [1.82, 2.24) is 9.97 Å². The van der Waals surface area contributed by atoms with E-state index in [-0.39, 0.29) is 24.1 Å². The van der Waals surface area contributed by atoms with Crippen LogP contribution in [0.1, 0.15) is 5.56 Å². The van der Waals surface area contributed by atoms with Crippen LogP contribution in [0.4, 0.5) is 10.3 Å². The molecule has 0 atom stereocenters. The number of phenolic OH excluding ortho intramolecular Hbond substituents is 1. The molecule has 8 heteroatoms. The average Bonchev–Trinajstić information content (AvgIpc) is 2.80. The smallest absolute Gasteiger partial charge is 0.220 e. The Labute approximate surface area is 183 Å². The highest BCUT2D eigenvalue weighted by molar-refractivity contribution is 5.73. The summed E-state index contributed by atoms with van der Waals surface area (Å²) in [5.41, 5.74) is 6.86. The molecule has 0 aliphatic rings. The number of hydrogen-bond acceptors (Lipinski definition) is 7. The van der Waals surface area contributed by atoms with Gasteiger partial charge in [0.25, 0.3) is 0 Å². The Bertz CT molecular complexity index is 1250. The van der Waals surface area contributed by atoms with Crippen LogP contribution in [0.5, 0.6) is 28.7 Å². The van der Waals surface area contributed by atoms with E-state index in [0.29, 0.717) is 39.8 Å². The molecule has 7 nitrogen and oxygen atoms in total. The SMILES string of the molecule is COc1cccc(Oc2cnc(N)nc2-c2ccc(OCc3ccccc3F)cc2O)c1. The molecule has 0 saturated carbocycles. The molecule has 0 radical (unpaired) electrons. The second-order valence-electron chi connectivity index (χ2n) is 6.78. The molecule has 162 valence electrons. The molecular weight excluding hydrogens is 413 g/mol. The molecule has 0 bridgehead atoms. The maximum absolute atomic E-state index is 13.8. The van der Waals surface area contributed by atoms with Crippen LogP contribution in [0, 0.1) is 5.82 Å². The van der Waals surface area contributed by atoms with Gasteiger partial charge in [-0.15, -0.1) is 0 Å². The molecule has 4 aromatic rings. The van der Waals surface area contributed by atoms with Crippen molar-refractivity contribution in [2.75, 3.05) is 12.8 Å². The fourth-order valence-electron chi connectivity index (χ4n) is 3.02. The largest absolute Gasteiger partial charge is 0.507 e. The zero-order valence-electron chi connectivity index (χ0n) is 17.2. The van der Waals surface area contributed by atoms with E-state index in [2.05, 4.69) is 9.97 Å². The Morgan fingerprint density at radius 2 is 1.78 bits per heavy atom. The van der Waals surface area contributed by atoms with Gasteiger partial charge in [-0.2, -0.15) is 0 Å². The topological polar surface area (TPSA) is 99.7 Å². The summed E-state index contributed by atoms with van der Waals surface area (Å²) in [7, 11) is 1.56. The Kier molecular flexibility index (Phi) is 6.03. The molecule has 0 unspecified atom stereocenters. The second-order valence-corrected chi connectivity index (χ2v) is 6.78. The molecule has 1 aromatic heterocycles. The Morgan fingerprint density at radius 1 is 0.969 bits per heavy atom. The van der Waals surface area contributed by atoms with Crippen molar-refractivity contribution in [2.45, 2.75) is 6.61 Å². The quantitative estimate of drug-likeness (QED) is 0.425. The molecule has 0 amide bonds. The van der Waals surface area contributed by atoms with Gasteiger partial charge in [-0.25, -0.2) is 14.4 Å². The van der Waals surface area contributed by atoms with E-state index in [0.717, 1.165) is 0 Å². The molecule has 3 N–H and O–H groups in total. The van der Waals surface area contributed by atoms with Crippen molar-refractivity contribution in [3.05, 3.63) is 84.3 Å². The third-order valence-electron chi connectivity index (χ3n) is 4.62. The van der Waals surface area contributed by atoms with E-state index >= 15 is 0 Å². The molecular formula is C24H20FN3O4. The highest BCUT2D eigenvalue weighted by Gasteiger charge is 2.16. The minimum absolute atomic E-state index is 0.0239. The van der Waals surface area contributed by atoms with E-state index in [1.165, 1.54) is 18.3 Å². The number of halogens is 1. The van der Waals surface area contributed by atoms with Crippen molar-refractivity contribution < 1.29 is 23.7 Å². The number of nitrogens with two attached hydrogens (primary N) is 1. The summed E-state index contributed by atoms with van der Waals surface area (Å²) in [6.07, 6.45) is 1.43. The average molecular weight is 433 g/mol. The maximum Gasteiger partial charge on any atom is 0.220 e. The van der Waals surface area contributed by atoms with Crippen LogP contribution in [0.25, 0.3) is 11.3 Å². The lowest BCUT2D eigenvalue weighted by molar-refractivity contribution is 0.298. The first-order valence-corrected chi connectivity index (χ1v) is 9.67. The first-order chi connectivity index (χ1) is 15.5. The highest BCUT2D eigenvalue weighted by Crippen LogP contribution is 2.38. The van der Waals surface area contributed by atoms with Gasteiger partial charge in [-0.1, -0.05) is 24.3 Å². The number of anilines is 1. The van der Waals surface area contributed by atoms with Gasteiger partial charge in [0.05, 0.1) is 13.3 Å². The van der Waals surface area contributed by atoms with Crippen LogP contribution in [0.3, 0.4) is 0 Å². The third-order valence-corrected chi connectivity index (χ3v) is 4.62. The number of aromatic nitrogens is 2. The lowest BCUT2D eigenvalue weighted by atomic mass is 10.1. The second kappa shape index (κ2) is 9.22. The van der Waals surface area contributed by atoms with Gasteiger partial charge < -0.3 is 25.1 Å². The number of methoxy groups -OCH3 is 1. The van der Waals surface area contributed by atoms with Gasteiger partial charge >= 0.3 is 0 Å². The number of ether oxygens (including phenoxy) is 3. The minimum Gasteiger partial charge on any atom is -0.507 e. The van der Waals surface area contributed by atoms with E-state index in [1.807, 2.05) is 0 Å². The lowest BCUT2D eigenvalue weighted by Gasteiger charge is -2.13. The first-order valence-electron chi connectivity index (χ1n) is 9.67. The molecule has 4 rings (SSSR count). The molecule has 0 saturated heterocycles. The molecule has 32 heavy (non-hydrogen) atoms. The summed E-state index contributed by atoms with van der Waals surface area (Å²) in [5.74, 6) is 1.35. The Balaban J connectivity index is 1.60. The predicted molar refractivity (Wildman–Crippen MR) is 117 cm³/mol. The zero-order valence-corrected chi connectivity index (χ0v) is 17.2.